The van der Waals surface area contributed by atoms with Crippen LogP contribution in [0.4, 0.5) is 4.79 Å². The molecular formula is C33H40N4O3. The first-order chi connectivity index (χ1) is 18.9. The number of amides is 3. The molecule has 2 heterocycles. The Kier molecular flexibility index (Phi) is 7.44. The predicted molar refractivity (Wildman–Crippen MR) is 156 cm³/mol. The second-order valence-electron chi connectivity index (χ2n) is 12.7. The minimum Gasteiger partial charge on any atom is -0.386 e. The number of pyridine rings is 1. The van der Waals surface area contributed by atoms with Crippen molar-refractivity contribution in [2.75, 3.05) is 6.54 Å². The van der Waals surface area contributed by atoms with Crippen molar-refractivity contribution < 1.29 is 14.7 Å². The average Bonchev–Trinajstić information content (AvgIpc) is 3.72. The minimum absolute atomic E-state index is 0.00205. The largest absolute Gasteiger partial charge is 0.386 e. The summed E-state index contributed by atoms with van der Waals surface area (Å²) < 4.78 is 0. The molecule has 40 heavy (non-hydrogen) atoms. The molecule has 0 bridgehead atoms. The Morgan fingerprint density at radius 2 is 1.77 bits per heavy atom. The van der Waals surface area contributed by atoms with Gasteiger partial charge >= 0.3 is 6.03 Å². The van der Waals surface area contributed by atoms with E-state index < -0.39 is 5.60 Å². The summed E-state index contributed by atoms with van der Waals surface area (Å²) >= 11 is 0. The molecule has 0 spiro atoms. The SMILES string of the molecule is CC(C)(C)NC(=O)N1CCc2c(-c3cncc(C(C)(C)O)c3)ccc(CNC(=O)[C@@H]3C[C@H]3c3ccccc3)c2C1. The highest BCUT2D eigenvalue weighted by Crippen LogP contribution is 2.47. The fourth-order valence-electron chi connectivity index (χ4n) is 5.54. The first kappa shape index (κ1) is 27.8. The average molecular weight is 541 g/mol. The molecule has 7 nitrogen and oxygen atoms in total. The van der Waals surface area contributed by atoms with Gasteiger partial charge in [0.25, 0.3) is 0 Å². The lowest BCUT2D eigenvalue weighted by molar-refractivity contribution is -0.122. The molecule has 0 unspecified atom stereocenters. The van der Waals surface area contributed by atoms with Crippen molar-refractivity contribution in [3.63, 3.8) is 0 Å². The Morgan fingerprint density at radius 1 is 1.02 bits per heavy atom. The molecule has 3 amide bonds. The topological polar surface area (TPSA) is 94.6 Å². The fourth-order valence-corrected chi connectivity index (χ4v) is 5.54. The van der Waals surface area contributed by atoms with Gasteiger partial charge in [0, 0.05) is 54.6 Å². The van der Waals surface area contributed by atoms with Crippen LogP contribution in [-0.4, -0.2) is 39.0 Å². The Bertz CT molecular complexity index is 1410. The molecule has 2 aliphatic rings. The molecule has 3 aromatic rings. The van der Waals surface area contributed by atoms with Crippen LogP contribution in [0.25, 0.3) is 11.1 Å². The van der Waals surface area contributed by atoms with Gasteiger partial charge in [0.15, 0.2) is 0 Å². The molecule has 7 heteroatoms. The number of hydrogen-bond donors (Lipinski definition) is 3. The van der Waals surface area contributed by atoms with Gasteiger partial charge in [-0.05, 0) is 87.3 Å². The highest BCUT2D eigenvalue weighted by Gasteiger charge is 2.43. The number of aromatic nitrogens is 1. The number of nitrogens with one attached hydrogen (secondary N) is 2. The standard InChI is InChI=1S/C33H40N4O3/c1-32(2,3)36-31(39)37-14-13-26-25(23-15-24(19-34-17-23)33(4,5)40)12-11-22(29(26)20-37)18-35-30(38)28-16-27(28)21-9-7-6-8-10-21/h6-12,15,17,19,27-28,40H,13-14,16,18,20H2,1-5H3,(H,35,38)(H,36,39)/t27-,28+/m0/s1. The van der Waals surface area contributed by atoms with Crippen molar-refractivity contribution in [3.05, 3.63) is 88.7 Å². The lowest BCUT2D eigenvalue weighted by Crippen LogP contribution is -2.50. The zero-order valence-electron chi connectivity index (χ0n) is 24.1. The number of benzene rings is 2. The maximum Gasteiger partial charge on any atom is 0.318 e. The second-order valence-corrected chi connectivity index (χ2v) is 12.7. The second kappa shape index (κ2) is 10.7. The van der Waals surface area contributed by atoms with Crippen LogP contribution in [0, 0.1) is 5.92 Å². The Morgan fingerprint density at radius 3 is 2.48 bits per heavy atom. The van der Waals surface area contributed by atoms with Gasteiger partial charge in [-0.15, -0.1) is 0 Å². The van der Waals surface area contributed by atoms with Crippen LogP contribution in [-0.2, 0) is 29.9 Å². The number of hydrogen-bond acceptors (Lipinski definition) is 4. The first-order valence-corrected chi connectivity index (χ1v) is 14.1. The molecule has 0 saturated heterocycles. The summed E-state index contributed by atoms with van der Waals surface area (Å²) in [4.78, 5) is 32.4. The number of urea groups is 1. The normalized spacial score (nSPS) is 18.6. The summed E-state index contributed by atoms with van der Waals surface area (Å²) in [6.07, 6.45) is 5.08. The molecular weight excluding hydrogens is 500 g/mol. The van der Waals surface area contributed by atoms with E-state index in [9.17, 15) is 14.7 Å². The Labute approximate surface area is 237 Å². The third-order valence-electron chi connectivity index (χ3n) is 7.84. The molecule has 0 radical (unpaired) electrons. The Balaban J connectivity index is 1.41. The van der Waals surface area contributed by atoms with Crippen LogP contribution in [0.15, 0.2) is 60.9 Å². The highest BCUT2D eigenvalue weighted by atomic mass is 16.3. The van der Waals surface area contributed by atoms with Gasteiger partial charge in [0.05, 0.1) is 5.60 Å². The number of carbonyl (C=O) groups is 2. The fraction of sp³-hybridized carbons (Fsp3) is 0.424. The van der Waals surface area contributed by atoms with E-state index in [4.69, 9.17) is 0 Å². The zero-order valence-corrected chi connectivity index (χ0v) is 24.1. The molecule has 1 fully saturated rings. The minimum atomic E-state index is -1.00. The van der Waals surface area contributed by atoms with E-state index in [1.165, 1.54) is 5.56 Å². The summed E-state index contributed by atoms with van der Waals surface area (Å²) in [6.45, 7) is 10.9. The van der Waals surface area contributed by atoms with E-state index >= 15 is 0 Å². The van der Waals surface area contributed by atoms with Gasteiger partial charge in [-0.3, -0.25) is 9.78 Å². The number of nitrogens with zero attached hydrogens (tertiary/aromatic N) is 2. The van der Waals surface area contributed by atoms with Crippen LogP contribution in [0.2, 0.25) is 0 Å². The zero-order chi connectivity index (χ0) is 28.7. The molecule has 5 rings (SSSR count). The first-order valence-electron chi connectivity index (χ1n) is 14.1. The third kappa shape index (κ3) is 6.20. The number of rotatable bonds is 6. The van der Waals surface area contributed by atoms with Crippen molar-refractivity contribution in [3.8, 4) is 11.1 Å². The molecule has 1 aromatic heterocycles. The van der Waals surface area contributed by atoms with Crippen LogP contribution < -0.4 is 10.6 Å². The molecule has 1 aliphatic heterocycles. The van der Waals surface area contributed by atoms with Gasteiger partial charge in [-0.1, -0.05) is 42.5 Å². The molecule has 3 N–H and O–H groups in total. The van der Waals surface area contributed by atoms with E-state index in [-0.39, 0.29) is 29.3 Å². The van der Waals surface area contributed by atoms with Crippen LogP contribution in [0.3, 0.4) is 0 Å². The van der Waals surface area contributed by atoms with Crippen molar-refractivity contribution in [1.82, 2.24) is 20.5 Å². The lowest BCUT2D eigenvalue weighted by atomic mass is 9.87. The number of aliphatic hydroxyl groups is 1. The maximum absolute atomic E-state index is 13.1. The van der Waals surface area contributed by atoms with Crippen LogP contribution in [0.1, 0.15) is 74.8 Å². The van der Waals surface area contributed by atoms with Gasteiger partial charge < -0.3 is 20.6 Å². The quantitative estimate of drug-likeness (QED) is 0.397. The van der Waals surface area contributed by atoms with Gasteiger partial charge in [-0.2, -0.15) is 0 Å². The van der Waals surface area contributed by atoms with E-state index in [1.54, 1.807) is 20.0 Å². The third-order valence-corrected chi connectivity index (χ3v) is 7.84. The summed E-state index contributed by atoms with van der Waals surface area (Å²) in [5.41, 5.74) is 5.85. The molecule has 2 aromatic carbocycles. The van der Waals surface area contributed by atoms with E-state index in [0.717, 1.165) is 39.8 Å². The number of carbonyl (C=O) groups excluding carboxylic acids is 2. The van der Waals surface area contributed by atoms with Gasteiger partial charge in [0.1, 0.15) is 0 Å². The highest BCUT2D eigenvalue weighted by molar-refractivity contribution is 5.83. The van der Waals surface area contributed by atoms with Crippen molar-refractivity contribution >= 4 is 11.9 Å². The van der Waals surface area contributed by atoms with E-state index in [2.05, 4.69) is 39.9 Å². The lowest BCUT2D eigenvalue weighted by Gasteiger charge is -2.34. The Hall–Kier alpha value is -3.71. The summed E-state index contributed by atoms with van der Waals surface area (Å²) in [7, 11) is 0. The monoisotopic (exact) mass is 540 g/mol. The molecule has 210 valence electrons. The van der Waals surface area contributed by atoms with E-state index in [0.29, 0.717) is 26.1 Å². The van der Waals surface area contributed by atoms with Crippen molar-refractivity contribution in [2.45, 2.75) is 77.6 Å². The molecule has 1 aliphatic carbocycles. The maximum atomic E-state index is 13.1. The number of fused-ring (bicyclic) bond motifs is 1. The van der Waals surface area contributed by atoms with Crippen molar-refractivity contribution in [2.24, 2.45) is 5.92 Å². The summed E-state index contributed by atoms with van der Waals surface area (Å²) in [5, 5.41) is 16.8. The molecule has 2 atom stereocenters. The van der Waals surface area contributed by atoms with Gasteiger partial charge in [0.2, 0.25) is 5.91 Å². The van der Waals surface area contributed by atoms with Crippen LogP contribution >= 0.6 is 0 Å². The predicted octanol–water partition coefficient (Wildman–Crippen LogP) is 5.26. The summed E-state index contributed by atoms with van der Waals surface area (Å²) in [6, 6.07) is 16.2. The summed E-state index contributed by atoms with van der Waals surface area (Å²) in [5.74, 6) is 0.360. The van der Waals surface area contributed by atoms with Crippen molar-refractivity contribution in [1.29, 1.82) is 0 Å². The van der Waals surface area contributed by atoms with E-state index in [1.807, 2.05) is 56.1 Å². The van der Waals surface area contributed by atoms with Crippen LogP contribution in [0.5, 0.6) is 0 Å². The van der Waals surface area contributed by atoms with Gasteiger partial charge in [-0.25, -0.2) is 4.79 Å². The molecule has 1 saturated carbocycles. The smallest absolute Gasteiger partial charge is 0.318 e.